The highest BCUT2D eigenvalue weighted by Crippen LogP contribution is 2.12. The lowest BCUT2D eigenvalue weighted by Gasteiger charge is -2.14. The van der Waals surface area contributed by atoms with Crippen LogP contribution >= 0.6 is 0 Å². The molecule has 0 radical (unpaired) electrons. The molecular weight excluding hydrogens is 1060 g/mol. The zero-order valence-electron chi connectivity index (χ0n) is 43.4. The maximum atomic E-state index is 12.2. The molecular formula is C49H72N6O16S4. The Morgan fingerprint density at radius 1 is 0.533 bits per heavy atom. The first kappa shape index (κ1) is 69.0. The van der Waals surface area contributed by atoms with E-state index in [2.05, 4.69) is 15.0 Å². The second kappa shape index (κ2) is 34.6. The van der Waals surface area contributed by atoms with Gasteiger partial charge in [-0.15, -0.1) is 0 Å². The highest BCUT2D eigenvalue weighted by molar-refractivity contribution is 7.86. The van der Waals surface area contributed by atoms with Gasteiger partial charge in [-0.3, -0.25) is 38.0 Å². The monoisotopic (exact) mass is 1130 g/mol. The summed E-state index contributed by atoms with van der Waals surface area (Å²) < 4.78 is 129. The van der Waals surface area contributed by atoms with Gasteiger partial charge in [0.25, 0.3) is 40.5 Å². The molecule has 0 heterocycles. The van der Waals surface area contributed by atoms with Gasteiger partial charge in [-0.2, -0.15) is 33.7 Å². The number of esters is 2. The summed E-state index contributed by atoms with van der Waals surface area (Å²) in [5.41, 5.74) is 21.0. The predicted molar refractivity (Wildman–Crippen MR) is 288 cm³/mol. The van der Waals surface area contributed by atoms with Crippen LogP contribution < -0.4 is 17.2 Å². The molecule has 75 heavy (non-hydrogen) atoms. The van der Waals surface area contributed by atoms with Crippen molar-refractivity contribution in [2.75, 3.05) is 26.3 Å². The molecule has 2 atom stereocenters. The molecule has 0 spiro atoms. The lowest BCUT2D eigenvalue weighted by Crippen LogP contribution is -2.33. The van der Waals surface area contributed by atoms with Gasteiger partial charge in [0.2, 0.25) is 0 Å². The Hall–Kier alpha value is -5.97. The molecule has 0 aromatic heterocycles. The van der Waals surface area contributed by atoms with Gasteiger partial charge < -0.3 is 26.7 Å². The van der Waals surface area contributed by atoms with E-state index >= 15 is 0 Å². The van der Waals surface area contributed by atoms with Crippen LogP contribution in [0.1, 0.15) is 88.5 Å². The first-order chi connectivity index (χ1) is 34.7. The average Bonchev–Trinajstić information content (AvgIpc) is 3.30. The summed E-state index contributed by atoms with van der Waals surface area (Å²) in [5.74, 6) is 0.145. The molecule has 4 rings (SSSR count). The SMILES string of the molecule is CCOC(=O)C(CCCCN=C(C)N)=NC(C)COC(=O)C(N)CCCCN=C(C)N.Cc1ccc(S(=O)(=O)O)cc1.Cc1ccc(S(=O)(=O)O)cc1.Cc1ccc(S(=O)(=O)O)cc1.Cc1ccc(S(=O)(=O)O)cc1. The fourth-order valence-corrected chi connectivity index (χ4v) is 7.32. The lowest BCUT2D eigenvalue weighted by molar-refractivity contribution is -0.145. The van der Waals surface area contributed by atoms with E-state index in [1.807, 2.05) is 27.7 Å². The molecule has 4 aromatic rings. The Morgan fingerprint density at radius 3 is 1.12 bits per heavy atom. The third kappa shape index (κ3) is 33.5. The quantitative estimate of drug-likeness (QED) is 0.0167. The van der Waals surface area contributed by atoms with Gasteiger partial charge in [-0.05, 0) is 142 Å². The van der Waals surface area contributed by atoms with Crippen LogP contribution in [0.4, 0.5) is 0 Å². The lowest BCUT2D eigenvalue weighted by atomic mass is 10.1. The van der Waals surface area contributed by atoms with E-state index < -0.39 is 58.5 Å². The largest absolute Gasteiger partial charge is 0.462 e. The van der Waals surface area contributed by atoms with Crippen molar-refractivity contribution >= 4 is 69.8 Å². The molecule has 0 aliphatic heterocycles. The second-order valence-electron chi connectivity index (χ2n) is 16.5. The van der Waals surface area contributed by atoms with E-state index in [1.165, 1.54) is 48.5 Å². The molecule has 22 nitrogen and oxygen atoms in total. The summed E-state index contributed by atoms with van der Waals surface area (Å²) in [5, 5.41) is 0. The Bertz CT molecular complexity index is 2610. The first-order valence-corrected chi connectivity index (χ1v) is 28.8. The molecule has 2 unspecified atom stereocenters. The van der Waals surface area contributed by atoms with Crippen LogP contribution in [-0.4, -0.2) is 120 Å². The van der Waals surface area contributed by atoms with E-state index in [4.69, 9.17) is 44.9 Å². The third-order valence-corrected chi connectivity index (χ3v) is 12.9. The van der Waals surface area contributed by atoms with Crippen molar-refractivity contribution in [1.82, 2.24) is 0 Å². The summed E-state index contributed by atoms with van der Waals surface area (Å²) in [6, 6.07) is 22.9. The first-order valence-electron chi connectivity index (χ1n) is 23.0. The molecule has 0 saturated heterocycles. The number of rotatable bonds is 20. The van der Waals surface area contributed by atoms with Gasteiger partial charge in [0.15, 0.2) is 0 Å². The van der Waals surface area contributed by atoms with Crippen LogP contribution in [0.2, 0.25) is 0 Å². The molecule has 0 amide bonds. The highest BCUT2D eigenvalue weighted by atomic mass is 32.2. The fraction of sp³-hybridized carbons (Fsp3) is 0.408. The summed E-state index contributed by atoms with van der Waals surface area (Å²) in [7, 11) is -16.1. The van der Waals surface area contributed by atoms with Gasteiger partial charge in [0.1, 0.15) is 18.4 Å². The number of unbranched alkanes of at least 4 members (excludes halogenated alkanes) is 2. The van der Waals surface area contributed by atoms with Gasteiger partial charge in [0, 0.05) is 13.1 Å². The van der Waals surface area contributed by atoms with Crippen LogP contribution in [-0.2, 0) is 59.5 Å². The second-order valence-corrected chi connectivity index (χ2v) is 22.2. The van der Waals surface area contributed by atoms with Crippen molar-refractivity contribution in [3.05, 3.63) is 119 Å². The van der Waals surface area contributed by atoms with E-state index in [1.54, 1.807) is 76.2 Å². The minimum atomic E-state index is -4.02. The van der Waals surface area contributed by atoms with Crippen molar-refractivity contribution < 1.29 is 70.9 Å². The standard InChI is InChI=1S/C21H40N6O4.4C7H8O3S/c1-5-30-21(29)19(11-7-9-13-26-17(4)23)27-15(2)14-31-20(28)18(24)10-6-8-12-25-16(3)22;4*1-6-2-4-7(5-3-6)11(8,9)10/h15,18H,5-14,24H2,1-4H3,(H2,22,25)(H2,23,26);4*2-5H,1H3,(H,8,9,10). The van der Waals surface area contributed by atoms with Gasteiger partial charge in [-0.25, -0.2) is 4.79 Å². The molecule has 0 bridgehead atoms. The van der Waals surface area contributed by atoms with Crippen molar-refractivity contribution in [2.24, 2.45) is 32.2 Å². The number of carbonyl (C=O) groups is 2. The Kier molecular flexibility index (Phi) is 31.8. The molecule has 0 aliphatic rings. The zero-order valence-corrected chi connectivity index (χ0v) is 46.6. The van der Waals surface area contributed by atoms with Crippen LogP contribution in [0, 0.1) is 27.7 Å². The molecule has 418 valence electrons. The number of ether oxygens (including phenoxy) is 2. The van der Waals surface area contributed by atoms with Gasteiger partial charge >= 0.3 is 11.9 Å². The van der Waals surface area contributed by atoms with Crippen molar-refractivity contribution in [3.8, 4) is 0 Å². The van der Waals surface area contributed by atoms with Crippen LogP contribution in [0.5, 0.6) is 0 Å². The van der Waals surface area contributed by atoms with E-state index in [0.717, 1.165) is 47.9 Å². The molecule has 0 saturated carbocycles. The molecule has 26 heteroatoms. The maximum Gasteiger partial charge on any atom is 0.352 e. The third-order valence-electron chi connectivity index (χ3n) is 9.40. The fourth-order valence-electron chi connectivity index (χ4n) is 5.40. The van der Waals surface area contributed by atoms with Gasteiger partial charge in [-0.1, -0.05) is 70.8 Å². The van der Waals surface area contributed by atoms with Crippen molar-refractivity contribution in [2.45, 2.75) is 126 Å². The molecule has 4 aromatic carbocycles. The minimum absolute atomic E-state index is 0.0444. The Labute approximate surface area is 442 Å². The number of aliphatic imine (C=N–C) groups is 3. The topological polar surface area (TPSA) is 385 Å². The normalized spacial score (nSPS) is 12.8. The molecule has 10 N–H and O–H groups in total. The van der Waals surface area contributed by atoms with Crippen molar-refractivity contribution in [3.63, 3.8) is 0 Å². The Balaban J connectivity index is 0.00000101. The van der Waals surface area contributed by atoms with Crippen LogP contribution in [0.3, 0.4) is 0 Å². The molecule has 0 aliphatic carbocycles. The maximum absolute atomic E-state index is 12.2. The van der Waals surface area contributed by atoms with Crippen LogP contribution in [0.15, 0.2) is 132 Å². The van der Waals surface area contributed by atoms with E-state index in [-0.39, 0.29) is 38.8 Å². The predicted octanol–water partition coefficient (Wildman–Crippen LogP) is 6.31. The van der Waals surface area contributed by atoms with E-state index in [0.29, 0.717) is 43.3 Å². The number of nitrogens with zero attached hydrogens (tertiary/aromatic N) is 3. The minimum Gasteiger partial charge on any atom is -0.462 e. The number of amidine groups is 2. The summed E-state index contributed by atoms with van der Waals surface area (Å²) in [6.45, 7) is 15.9. The smallest absolute Gasteiger partial charge is 0.352 e. The number of hydrogen-bond acceptors (Lipinski definition) is 16. The number of benzene rings is 4. The Morgan fingerprint density at radius 2 is 0.840 bits per heavy atom. The van der Waals surface area contributed by atoms with Gasteiger partial charge in [0.05, 0.1) is 43.9 Å². The number of nitrogens with two attached hydrogens (primary N) is 3. The van der Waals surface area contributed by atoms with Crippen molar-refractivity contribution in [1.29, 1.82) is 0 Å². The number of hydrogen-bond donors (Lipinski definition) is 7. The zero-order chi connectivity index (χ0) is 57.6. The number of carbonyl (C=O) groups excluding carboxylic acids is 2. The average molecular weight is 1130 g/mol. The summed E-state index contributed by atoms with van der Waals surface area (Å²) >= 11 is 0. The number of aryl methyl sites for hydroxylation is 4. The van der Waals surface area contributed by atoms with E-state index in [9.17, 15) is 43.3 Å². The highest BCUT2D eigenvalue weighted by Gasteiger charge is 2.18. The van der Waals surface area contributed by atoms with Crippen LogP contribution in [0.25, 0.3) is 0 Å². The molecule has 0 fully saturated rings. The summed E-state index contributed by atoms with van der Waals surface area (Å²) in [6.07, 6.45) is 4.02. The summed E-state index contributed by atoms with van der Waals surface area (Å²) in [4.78, 5) is 36.6.